The Hall–Kier alpha value is -0.610. The quantitative estimate of drug-likeness (QED) is 0.662. The van der Waals surface area contributed by atoms with Gasteiger partial charge in [-0.2, -0.15) is 0 Å². The first-order valence-electron chi connectivity index (χ1n) is 8.30. The molecule has 1 saturated heterocycles. The van der Waals surface area contributed by atoms with E-state index in [9.17, 15) is 4.79 Å². The van der Waals surface area contributed by atoms with E-state index in [0.717, 1.165) is 38.6 Å². The van der Waals surface area contributed by atoms with E-state index >= 15 is 0 Å². The molecule has 4 nitrogen and oxygen atoms in total. The van der Waals surface area contributed by atoms with Gasteiger partial charge in [0, 0.05) is 19.1 Å². The lowest BCUT2D eigenvalue weighted by Gasteiger charge is -2.31. The molecule has 0 bridgehead atoms. The lowest BCUT2D eigenvalue weighted by atomic mass is 10.1. The largest absolute Gasteiger partial charge is 0.364 e. The molecule has 1 amide bonds. The molecule has 0 aromatic heterocycles. The highest BCUT2D eigenvalue weighted by Crippen LogP contribution is 2.22. The molecule has 0 aliphatic carbocycles. The van der Waals surface area contributed by atoms with Gasteiger partial charge >= 0.3 is 0 Å². The zero-order valence-electron chi connectivity index (χ0n) is 13.4. The highest BCUT2D eigenvalue weighted by Gasteiger charge is 2.34. The van der Waals surface area contributed by atoms with Crippen molar-refractivity contribution >= 4 is 5.91 Å². The second kappa shape index (κ2) is 9.35. The van der Waals surface area contributed by atoms with Crippen molar-refractivity contribution < 1.29 is 9.53 Å². The van der Waals surface area contributed by atoms with Gasteiger partial charge in [0.15, 0.2) is 0 Å². The monoisotopic (exact) mass is 284 g/mol. The minimum absolute atomic E-state index is 0.0722. The molecular formula is C16H32N2O2. The Morgan fingerprint density at radius 2 is 2.05 bits per heavy atom. The molecular weight excluding hydrogens is 252 g/mol. The summed E-state index contributed by atoms with van der Waals surface area (Å²) in [5.41, 5.74) is 5.63. The fourth-order valence-electron chi connectivity index (χ4n) is 2.90. The molecule has 0 radical (unpaired) electrons. The maximum Gasteiger partial charge on any atom is 0.251 e. The zero-order valence-corrected chi connectivity index (χ0v) is 13.4. The van der Waals surface area contributed by atoms with E-state index in [2.05, 4.69) is 20.8 Å². The molecule has 20 heavy (non-hydrogen) atoms. The predicted molar refractivity (Wildman–Crippen MR) is 82.6 cm³/mol. The molecule has 1 heterocycles. The van der Waals surface area contributed by atoms with Gasteiger partial charge in [-0.3, -0.25) is 4.79 Å². The summed E-state index contributed by atoms with van der Waals surface area (Å²) in [7, 11) is 0. The maximum absolute atomic E-state index is 12.7. The van der Waals surface area contributed by atoms with Crippen molar-refractivity contribution in [3.8, 4) is 0 Å². The van der Waals surface area contributed by atoms with Crippen LogP contribution in [0.5, 0.6) is 0 Å². The van der Waals surface area contributed by atoms with Gasteiger partial charge in [-0.05, 0) is 32.6 Å². The van der Waals surface area contributed by atoms with Crippen molar-refractivity contribution in [3.05, 3.63) is 0 Å². The molecule has 2 N–H and O–H groups in total. The predicted octanol–water partition coefficient (Wildman–Crippen LogP) is 2.70. The topological polar surface area (TPSA) is 55.6 Å². The van der Waals surface area contributed by atoms with Crippen LogP contribution in [0.3, 0.4) is 0 Å². The number of carbonyl (C=O) groups excluding carboxylic acids is 1. The lowest BCUT2D eigenvalue weighted by Crippen LogP contribution is -2.45. The van der Waals surface area contributed by atoms with Crippen molar-refractivity contribution in [2.24, 2.45) is 5.73 Å². The molecule has 0 saturated carbocycles. The molecule has 3 atom stereocenters. The first kappa shape index (κ1) is 17.4. The van der Waals surface area contributed by atoms with E-state index < -0.39 is 0 Å². The molecule has 1 rings (SSSR count). The van der Waals surface area contributed by atoms with Crippen LogP contribution in [0, 0.1) is 0 Å². The van der Waals surface area contributed by atoms with Gasteiger partial charge in [0.1, 0.15) is 6.10 Å². The molecule has 0 aromatic carbocycles. The van der Waals surface area contributed by atoms with E-state index in [1.807, 2.05) is 4.90 Å². The Balaban J connectivity index is 2.58. The van der Waals surface area contributed by atoms with Gasteiger partial charge in [0.2, 0.25) is 0 Å². The van der Waals surface area contributed by atoms with E-state index in [0.29, 0.717) is 12.6 Å². The molecule has 1 aliphatic rings. The van der Waals surface area contributed by atoms with Gasteiger partial charge < -0.3 is 15.4 Å². The third-order valence-electron chi connectivity index (χ3n) is 4.17. The van der Waals surface area contributed by atoms with Crippen LogP contribution < -0.4 is 5.73 Å². The van der Waals surface area contributed by atoms with E-state index in [-0.39, 0.29) is 18.1 Å². The van der Waals surface area contributed by atoms with E-state index in [1.54, 1.807) is 0 Å². The van der Waals surface area contributed by atoms with Crippen molar-refractivity contribution in [2.45, 2.75) is 84.0 Å². The summed E-state index contributed by atoms with van der Waals surface area (Å²) in [4.78, 5) is 14.7. The third kappa shape index (κ3) is 5.06. The van der Waals surface area contributed by atoms with Gasteiger partial charge in [-0.15, -0.1) is 0 Å². The molecule has 1 fully saturated rings. The molecule has 1 aliphatic heterocycles. The smallest absolute Gasteiger partial charge is 0.251 e. The van der Waals surface area contributed by atoms with Crippen molar-refractivity contribution in [3.63, 3.8) is 0 Å². The Kier molecular flexibility index (Phi) is 8.15. The number of unbranched alkanes of at least 4 members (excludes halogenated alkanes) is 2. The number of hydrogen-bond donors (Lipinski definition) is 1. The van der Waals surface area contributed by atoms with Crippen LogP contribution in [0.4, 0.5) is 0 Å². The first-order valence-corrected chi connectivity index (χ1v) is 8.30. The number of ether oxygens (including phenoxy) is 1. The van der Waals surface area contributed by atoms with Crippen LogP contribution in [-0.2, 0) is 9.53 Å². The van der Waals surface area contributed by atoms with Gasteiger partial charge in [-0.25, -0.2) is 0 Å². The van der Waals surface area contributed by atoms with Crippen molar-refractivity contribution in [1.82, 2.24) is 4.90 Å². The molecule has 0 aromatic rings. The number of hydrogen-bond acceptors (Lipinski definition) is 3. The molecule has 1 unspecified atom stereocenters. The molecule has 4 heteroatoms. The lowest BCUT2D eigenvalue weighted by molar-refractivity contribution is -0.145. The summed E-state index contributed by atoms with van der Waals surface area (Å²) in [5, 5.41) is 0. The summed E-state index contributed by atoms with van der Waals surface area (Å²) in [6.07, 6.45) is 7.16. The maximum atomic E-state index is 12.7. The minimum Gasteiger partial charge on any atom is -0.364 e. The summed E-state index contributed by atoms with van der Waals surface area (Å²) in [6.45, 7) is 7.89. The Labute approximate surface area is 124 Å². The molecule has 0 spiro atoms. The van der Waals surface area contributed by atoms with Crippen LogP contribution in [0.15, 0.2) is 0 Å². The summed E-state index contributed by atoms with van der Waals surface area (Å²) >= 11 is 0. The standard InChI is InChI=1S/C16H32N2O2/c1-4-6-7-11-18(13(3)8-5-2)16(19)15-10-9-14(12-17)20-15/h13-15H,4-12,17H2,1-3H3/t13?,14-,15+/m1/s1. The number of amides is 1. The van der Waals surface area contributed by atoms with Gasteiger partial charge in [0.25, 0.3) is 5.91 Å². The fourth-order valence-corrected chi connectivity index (χ4v) is 2.90. The Bertz CT molecular complexity index is 284. The number of carbonyl (C=O) groups is 1. The average molecular weight is 284 g/mol. The number of rotatable bonds is 9. The highest BCUT2D eigenvalue weighted by molar-refractivity contribution is 5.81. The first-order chi connectivity index (χ1) is 9.63. The zero-order chi connectivity index (χ0) is 15.0. The minimum atomic E-state index is -0.260. The molecule has 118 valence electrons. The third-order valence-corrected chi connectivity index (χ3v) is 4.17. The average Bonchev–Trinajstić information content (AvgIpc) is 2.92. The van der Waals surface area contributed by atoms with E-state index in [4.69, 9.17) is 10.5 Å². The van der Waals surface area contributed by atoms with Crippen LogP contribution in [0.1, 0.15) is 65.7 Å². The van der Waals surface area contributed by atoms with Gasteiger partial charge in [-0.1, -0.05) is 33.1 Å². The summed E-state index contributed by atoms with van der Waals surface area (Å²) < 4.78 is 5.77. The van der Waals surface area contributed by atoms with Crippen molar-refractivity contribution in [1.29, 1.82) is 0 Å². The normalized spacial score (nSPS) is 23.8. The number of nitrogens with zero attached hydrogens (tertiary/aromatic N) is 1. The SMILES string of the molecule is CCCCCN(C(=O)[C@@H]1CC[C@H](CN)O1)C(C)CCC. The summed E-state index contributed by atoms with van der Waals surface area (Å²) in [5.74, 6) is 0.179. The summed E-state index contributed by atoms with van der Waals surface area (Å²) in [6, 6.07) is 0.310. The second-order valence-corrected chi connectivity index (χ2v) is 5.94. The van der Waals surface area contributed by atoms with Crippen LogP contribution in [0.2, 0.25) is 0 Å². The van der Waals surface area contributed by atoms with E-state index in [1.165, 1.54) is 12.8 Å². The second-order valence-electron chi connectivity index (χ2n) is 5.94. The van der Waals surface area contributed by atoms with Gasteiger partial charge in [0.05, 0.1) is 6.10 Å². The van der Waals surface area contributed by atoms with Crippen molar-refractivity contribution in [2.75, 3.05) is 13.1 Å². The number of nitrogens with two attached hydrogens (primary N) is 1. The fraction of sp³-hybridized carbons (Fsp3) is 0.938. The van der Waals surface area contributed by atoms with Crippen LogP contribution in [0.25, 0.3) is 0 Å². The highest BCUT2D eigenvalue weighted by atomic mass is 16.5. The van der Waals surface area contributed by atoms with Crippen LogP contribution >= 0.6 is 0 Å². The van der Waals surface area contributed by atoms with Crippen LogP contribution in [-0.4, -0.2) is 42.1 Å². The Morgan fingerprint density at radius 3 is 2.60 bits per heavy atom. The Morgan fingerprint density at radius 1 is 1.30 bits per heavy atom.